The van der Waals surface area contributed by atoms with Crippen molar-refractivity contribution in [3.05, 3.63) is 91.0 Å². The molecule has 196 valence electrons. The molecular weight excluding hydrogens is 472 g/mol. The number of hydrogen-bond acceptors (Lipinski definition) is 5. The first kappa shape index (κ1) is 27.3. The molecule has 0 saturated carbocycles. The monoisotopic (exact) mass is 506 g/mol. The van der Waals surface area contributed by atoms with Crippen LogP contribution in [0.3, 0.4) is 0 Å². The molecule has 2 atom stereocenters. The summed E-state index contributed by atoms with van der Waals surface area (Å²) in [7, 11) is 0. The maximum Gasteiger partial charge on any atom is 0.407 e. The van der Waals surface area contributed by atoms with E-state index in [-0.39, 0.29) is 31.6 Å². The molecule has 0 spiro atoms. The number of amides is 3. The van der Waals surface area contributed by atoms with Gasteiger partial charge in [0.1, 0.15) is 12.6 Å². The van der Waals surface area contributed by atoms with E-state index in [2.05, 4.69) is 23.8 Å². The summed E-state index contributed by atoms with van der Waals surface area (Å²) in [4.78, 5) is 40.3. The number of ether oxygens (including phenoxy) is 1. The van der Waals surface area contributed by atoms with Gasteiger partial charge in [-0.1, -0.05) is 54.6 Å². The van der Waals surface area contributed by atoms with Crippen molar-refractivity contribution in [2.75, 3.05) is 31.1 Å². The number of anilines is 1. The van der Waals surface area contributed by atoms with Crippen molar-refractivity contribution < 1.29 is 24.2 Å². The first-order chi connectivity index (χ1) is 17.9. The van der Waals surface area contributed by atoms with Crippen LogP contribution < -0.4 is 15.5 Å². The fourth-order valence-electron chi connectivity index (χ4n) is 4.18. The SMILES string of the molecule is C=CCCNC(=O)[C@@H]1CN(C(=O)O)CCN1c1cccc(C(CC=C)NC(=O)OCc2ccccc2)c1. The van der Waals surface area contributed by atoms with Gasteiger partial charge >= 0.3 is 12.2 Å². The third-order valence-electron chi connectivity index (χ3n) is 6.11. The number of hydrogen-bond donors (Lipinski definition) is 3. The van der Waals surface area contributed by atoms with Crippen LogP contribution >= 0.6 is 0 Å². The minimum Gasteiger partial charge on any atom is -0.465 e. The molecule has 1 unspecified atom stereocenters. The first-order valence-electron chi connectivity index (χ1n) is 12.2. The van der Waals surface area contributed by atoms with E-state index in [0.29, 0.717) is 25.9 Å². The Hall–Kier alpha value is -4.27. The molecule has 2 aromatic carbocycles. The van der Waals surface area contributed by atoms with Crippen LogP contribution in [0.2, 0.25) is 0 Å². The molecule has 1 aliphatic rings. The number of carbonyl (C=O) groups is 3. The van der Waals surface area contributed by atoms with Crippen molar-refractivity contribution in [1.82, 2.24) is 15.5 Å². The molecule has 3 amide bonds. The summed E-state index contributed by atoms with van der Waals surface area (Å²) >= 11 is 0. The standard InChI is InChI=1S/C28H34N4O5/c1-3-5-15-29-26(33)25-19-31(28(35)36)16-17-32(25)23-14-9-13-22(18-23)24(10-4-2)30-27(34)37-20-21-11-7-6-8-12-21/h3-4,6-9,11-14,18,24-25H,1-2,5,10,15-17,19-20H2,(H,29,33)(H,30,34)(H,35,36)/t24?,25-/m0/s1. The second-order valence-electron chi connectivity index (χ2n) is 8.68. The normalized spacial score (nSPS) is 15.8. The highest BCUT2D eigenvalue weighted by Gasteiger charge is 2.34. The van der Waals surface area contributed by atoms with Gasteiger partial charge in [-0.05, 0) is 36.1 Å². The fourth-order valence-corrected chi connectivity index (χ4v) is 4.18. The molecule has 3 rings (SSSR count). The molecule has 1 aliphatic heterocycles. The Bertz CT molecular complexity index is 1090. The number of benzene rings is 2. The summed E-state index contributed by atoms with van der Waals surface area (Å²) in [6.45, 7) is 8.74. The Morgan fingerprint density at radius 1 is 1.08 bits per heavy atom. The Labute approximate surface area is 217 Å². The summed E-state index contributed by atoms with van der Waals surface area (Å²) in [6.07, 6.45) is 2.92. The average Bonchev–Trinajstić information content (AvgIpc) is 2.92. The zero-order valence-corrected chi connectivity index (χ0v) is 20.8. The average molecular weight is 507 g/mol. The second kappa shape index (κ2) is 13.7. The smallest absolute Gasteiger partial charge is 0.407 e. The molecule has 9 heteroatoms. The Balaban J connectivity index is 1.75. The summed E-state index contributed by atoms with van der Waals surface area (Å²) < 4.78 is 5.39. The van der Waals surface area contributed by atoms with Crippen molar-refractivity contribution >= 4 is 23.8 Å². The summed E-state index contributed by atoms with van der Waals surface area (Å²) in [5, 5.41) is 15.3. The van der Waals surface area contributed by atoms with E-state index < -0.39 is 18.2 Å². The molecule has 1 heterocycles. The van der Waals surface area contributed by atoms with E-state index in [1.54, 1.807) is 12.2 Å². The molecule has 0 bridgehead atoms. The van der Waals surface area contributed by atoms with Crippen LogP contribution in [-0.2, 0) is 16.1 Å². The van der Waals surface area contributed by atoms with E-state index in [9.17, 15) is 19.5 Å². The number of alkyl carbamates (subject to hydrolysis) is 1. The van der Waals surface area contributed by atoms with Crippen LogP contribution in [0.15, 0.2) is 79.9 Å². The van der Waals surface area contributed by atoms with E-state index >= 15 is 0 Å². The molecule has 0 aromatic heterocycles. The van der Waals surface area contributed by atoms with E-state index in [4.69, 9.17) is 4.74 Å². The van der Waals surface area contributed by atoms with Gasteiger partial charge in [0, 0.05) is 25.3 Å². The van der Waals surface area contributed by atoms with Gasteiger partial charge < -0.3 is 30.3 Å². The van der Waals surface area contributed by atoms with Gasteiger partial charge in [0.25, 0.3) is 0 Å². The number of carbonyl (C=O) groups excluding carboxylic acids is 2. The van der Waals surface area contributed by atoms with Gasteiger partial charge in [-0.25, -0.2) is 9.59 Å². The van der Waals surface area contributed by atoms with Gasteiger partial charge in [0.05, 0.1) is 12.6 Å². The number of nitrogens with zero attached hydrogens (tertiary/aromatic N) is 2. The van der Waals surface area contributed by atoms with Crippen LogP contribution in [0.4, 0.5) is 15.3 Å². The third kappa shape index (κ3) is 7.86. The fraction of sp³-hybridized carbons (Fsp3) is 0.321. The van der Waals surface area contributed by atoms with Gasteiger partial charge in [0.2, 0.25) is 5.91 Å². The van der Waals surface area contributed by atoms with Gasteiger partial charge in [-0.2, -0.15) is 0 Å². The lowest BCUT2D eigenvalue weighted by Crippen LogP contribution is -2.60. The summed E-state index contributed by atoms with van der Waals surface area (Å²) in [5.74, 6) is -0.247. The molecule has 3 N–H and O–H groups in total. The van der Waals surface area contributed by atoms with Gasteiger partial charge in [0.15, 0.2) is 0 Å². The molecule has 0 radical (unpaired) electrons. The van der Waals surface area contributed by atoms with E-state index in [1.807, 2.05) is 59.5 Å². The number of carboxylic acid groups (broad SMARTS) is 1. The lowest BCUT2D eigenvalue weighted by Gasteiger charge is -2.41. The highest BCUT2D eigenvalue weighted by atomic mass is 16.5. The minimum absolute atomic E-state index is 0.0552. The predicted octanol–water partition coefficient (Wildman–Crippen LogP) is 4.09. The highest BCUT2D eigenvalue weighted by Crippen LogP contribution is 2.26. The Morgan fingerprint density at radius 3 is 2.57 bits per heavy atom. The van der Waals surface area contributed by atoms with Crippen molar-refractivity contribution in [3.8, 4) is 0 Å². The molecular formula is C28H34N4O5. The quantitative estimate of drug-likeness (QED) is 0.313. The van der Waals surface area contributed by atoms with Crippen molar-refractivity contribution in [3.63, 3.8) is 0 Å². The Morgan fingerprint density at radius 2 is 1.86 bits per heavy atom. The minimum atomic E-state index is -1.05. The van der Waals surface area contributed by atoms with Gasteiger partial charge in [-0.3, -0.25) is 4.79 Å². The van der Waals surface area contributed by atoms with Crippen LogP contribution in [0.1, 0.15) is 30.0 Å². The zero-order chi connectivity index (χ0) is 26.6. The van der Waals surface area contributed by atoms with E-state index in [1.165, 1.54) is 4.90 Å². The van der Waals surface area contributed by atoms with Crippen LogP contribution in [-0.4, -0.2) is 60.3 Å². The van der Waals surface area contributed by atoms with Crippen molar-refractivity contribution in [2.45, 2.75) is 31.5 Å². The first-order valence-corrected chi connectivity index (χ1v) is 12.2. The zero-order valence-electron chi connectivity index (χ0n) is 20.8. The second-order valence-corrected chi connectivity index (χ2v) is 8.68. The molecule has 1 fully saturated rings. The van der Waals surface area contributed by atoms with Crippen LogP contribution in [0.5, 0.6) is 0 Å². The maximum absolute atomic E-state index is 13.0. The molecule has 37 heavy (non-hydrogen) atoms. The number of rotatable bonds is 11. The number of piperazine rings is 1. The summed E-state index contributed by atoms with van der Waals surface area (Å²) in [5.41, 5.74) is 2.47. The Kier molecular flexibility index (Phi) is 10.1. The highest BCUT2D eigenvalue weighted by molar-refractivity contribution is 5.86. The third-order valence-corrected chi connectivity index (χ3v) is 6.11. The van der Waals surface area contributed by atoms with Crippen LogP contribution in [0, 0.1) is 0 Å². The molecule has 0 aliphatic carbocycles. The lowest BCUT2D eigenvalue weighted by molar-refractivity contribution is -0.123. The molecule has 9 nitrogen and oxygen atoms in total. The molecule has 2 aromatic rings. The van der Waals surface area contributed by atoms with Crippen LogP contribution in [0.25, 0.3) is 0 Å². The predicted molar refractivity (Wildman–Crippen MR) is 142 cm³/mol. The maximum atomic E-state index is 13.0. The van der Waals surface area contributed by atoms with E-state index in [0.717, 1.165) is 16.8 Å². The van der Waals surface area contributed by atoms with Crippen molar-refractivity contribution in [2.24, 2.45) is 0 Å². The topological polar surface area (TPSA) is 111 Å². The number of nitrogens with one attached hydrogen (secondary N) is 2. The largest absolute Gasteiger partial charge is 0.465 e. The lowest BCUT2D eigenvalue weighted by atomic mass is 10.0. The van der Waals surface area contributed by atoms with Crippen molar-refractivity contribution in [1.29, 1.82) is 0 Å². The summed E-state index contributed by atoms with van der Waals surface area (Å²) in [6, 6.07) is 15.9. The molecule has 1 saturated heterocycles. The van der Waals surface area contributed by atoms with Gasteiger partial charge in [-0.15, -0.1) is 13.2 Å².